The Morgan fingerprint density at radius 2 is 2.22 bits per heavy atom. The highest BCUT2D eigenvalue weighted by atomic mass is 32.1. The van der Waals surface area contributed by atoms with E-state index in [2.05, 4.69) is 10.1 Å². The molecule has 1 aromatic carbocycles. The first-order chi connectivity index (χ1) is 8.83. The number of hydrogen-bond donors (Lipinski definition) is 0. The Labute approximate surface area is 108 Å². The predicted octanol–water partition coefficient (Wildman–Crippen LogP) is 2.80. The van der Waals surface area contributed by atoms with Crippen LogP contribution < -0.4 is 5.01 Å². The molecule has 90 valence electrons. The van der Waals surface area contributed by atoms with Crippen LogP contribution in [0.5, 0.6) is 0 Å². The van der Waals surface area contributed by atoms with E-state index in [0.717, 1.165) is 35.2 Å². The number of anilines is 1. The number of carbonyl (C=O) groups is 1. The molecule has 1 unspecified atom stereocenters. The zero-order chi connectivity index (χ0) is 12.1. The molecule has 0 spiro atoms. The zero-order valence-electron chi connectivity index (χ0n) is 9.67. The number of hydrazone groups is 1. The van der Waals surface area contributed by atoms with E-state index in [9.17, 15) is 4.79 Å². The maximum atomic E-state index is 12.2. The lowest BCUT2D eigenvalue weighted by Crippen LogP contribution is -2.25. The number of carbonyl (C=O) groups excluding carboxylic acids is 1. The highest BCUT2D eigenvalue weighted by molar-refractivity contribution is 7.22. The molecule has 1 aliphatic carbocycles. The molecule has 0 saturated heterocycles. The second-order valence-corrected chi connectivity index (χ2v) is 5.66. The number of benzene rings is 1. The van der Waals surface area contributed by atoms with Gasteiger partial charge in [-0.1, -0.05) is 23.5 Å². The van der Waals surface area contributed by atoms with E-state index in [-0.39, 0.29) is 11.8 Å². The van der Waals surface area contributed by atoms with Crippen LogP contribution in [0.2, 0.25) is 0 Å². The summed E-state index contributed by atoms with van der Waals surface area (Å²) in [5.74, 6) is 0.124. The van der Waals surface area contributed by atoms with Crippen molar-refractivity contribution in [1.29, 1.82) is 0 Å². The minimum atomic E-state index is 0.0250. The molecule has 1 aromatic heterocycles. The number of amides is 1. The first kappa shape index (κ1) is 10.2. The van der Waals surface area contributed by atoms with E-state index in [1.165, 1.54) is 16.3 Å². The SMILES string of the molecule is O=C1C2CCCC2=NN1c1nc2ccccc2s1. The molecule has 0 N–H and O–H groups in total. The number of hydrogen-bond acceptors (Lipinski definition) is 4. The number of fused-ring (bicyclic) bond motifs is 2. The Morgan fingerprint density at radius 3 is 3.06 bits per heavy atom. The summed E-state index contributed by atoms with van der Waals surface area (Å²) in [5, 5.41) is 6.65. The lowest BCUT2D eigenvalue weighted by Gasteiger charge is -2.08. The van der Waals surface area contributed by atoms with Gasteiger partial charge >= 0.3 is 0 Å². The molecule has 4 rings (SSSR count). The van der Waals surface area contributed by atoms with Gasteiger partial charge in [0.2, 0.25) is 5.13 Å². The van der Waals surface area contributed by atoms with Crippen molar-refractivity contribution in [2.45, 2.75) is 19.3 Å². The third kappa shape index (κ3) is 1.34. The lowest BCUT2D eigenvalue weighted by atomic mass is 10.1. The molecule has 1 fully saturated rings. The minimum absolute atomic E-state index is 0.0250. The van der Waals surface area contributed by atoms with Crippen molar-refractivity contribution in [3.63, 3.8) is 0 Å². The number of para-hydroxylation sites is 1. The molecular weight excluding hydrogens is 246 g/mol. The second kappa shape index (κ2) is 3.62. The van der Waals surface area contributed by atoms with Gasteiger partial charge in [0.25, 0.3) is 5.91 Å². The summed E-state index contributed by atoms with van der Waals surface area (Å²) >= 11 is 1.52. The fourth-order valence-corrected chi connectivity index (χ4v) is 3.55. The van der Waals surface area contributed by atoms with Crippen molar-refractivity contribution in [2.75, 3.05) is 5.01 Å². The van der Waals surface area contributed by atoms with Gasteiger partial charge in [-0.2, -0.15) is 10.1 Å². The number of rotatable bonds is 1. The average Bonchev–Trinajstić information content (AvgIpc) is 3.04. The van der Waals surface area contributed by atoms with Crippen LogP contribution in [0, 0.1) is 5.92 Å². The molecular formula is C13H11N3OS. The summed E-state index contributed by atoms with van der Waals surface area (Å²) in [6.07, 6.45) is 2.99. The molecule has 5 heteroatoms. The van der Waals surface area contributed by atoms with Gasteiger partial charge in [-0.05, 0) is 31.4 Å². The predicted molar refractivity (Wildman–Crippen MR) is 71.9 cm³/mol. The maximum absolute atomic E-state index is 12.2. The standard InChI is InChI=1S/C13H11N3OS/c17-12-8-4-3-6-9(8)15-16(12)13-14-10-5-1-2-7-11(10)18-13/h1-2,5,7-8H,3-4,6H2. The first-order valence-corrected chi connectivity index (χ1v) is 6.91. The van der Waals surface area contributed by atoms with Crippen LogP contribution in [0.25, 0.3) is 10.2 Å². The summed E-state index contributed by atoms with van der Waals surface area (Å²) in [5.41, 5.74) is 1.97. The highest BCUT2D eigenvalue weighted by Gasteiger charge is 2.40. The van der Waals surface area contributed by atoms with Crippen LogP contribution in [-0.2, 0) is 4.79 Å². The zero-order valence-corrected chi connectivity index (χ0v) is 10.5. The van der Waals surface area contributed by atoms with E-state index >= 15 is 0 Å². The van der Waals surface area contributed by atoms with Crippen molar-refractivity contribution in [1.82, 2.24) is 4.98 Å². The molecule has 2 heterocycles. The fourth-order valence-electron chi connectivity index (χ4n) is 2.63. The summed E-state index contributed by atoms with van der Waals surface area (Å²) in [7, 11) is 0. The van der Waals surface area contributed by atoms with E-state index in [1.807, 2.05) is 24.3 Å². The smallest absolute Gasteiger partial charge is 0.258 e. The van der Waals surface area contributed by atoms with Crippen molar-refractivity contribution in [3.8, 4) is 0 Å². The molecule has 2 aliphatic rings. The van der Waals surface area contributed by atoms with E-state index in [1.54, 1.807) is 0 Å². The Hall–Kier alpha value is -1.75. The molecule has 0 bridgehead atoms. The Balaban J connectivity index is 1.79. The highest BCUT2D eigenvalue weighted by Crippen LogP contribution is 2.36. The third-order valence-electron chi connectivity index (χ3n) is 3.53. The van der Waals surface area contributed by atoms with Gasteiger partial charge in [0, 0.05) is 0 Å². The Bertz CT molecular complexity index is 643. The van der Waals surface area contributed by atoms with Crippen LogP contribution in [0.15, 0.2) is 29.4 Å². The molecule has 4 nitrogen and oxygen atoms in total. The van der Waals surface area contributed by atoms with Crippen molar-refractivity contribution in [3.05, 3.63) is 24.3 Å². The lowest BCUT2D eigenvalue weighted by molar-refractivity contribution is -0.119. The maximum Gasteiger partial charge on any atom is 0.258 e. The average molecular weight is 257 g/mol. The van der Waals surface area contributed by atoms with Crippen molar-refractivity contribution >= 4 is 38.3 Å². The quantitative estimate of drug-likeness (QED) is 0.788. The minimum Gasteiger partial charge on any atom is -0.272 e. The number of nitrogens with zero attached hydrogens (tertiary/aromatic N) is 3. The second-order valence-electron chi connectivity index (χ2n) is 4.65. The van der Waals surface area contributed by atoms with Gasteiger partial charge in [-0.25, -0.2) is 4.98 Å². The topological polar surface area (TPSA) is 45.6 Å². The van der Waals surface area contributed by atoms with Crippen LogP contribution in [0.3, 0.4) is 0 Å². The molecule has 0 radical (unpaired) electrons. The van der Waals surface area contributed by atoms with Gasteiger partial charge < -0.3 is 0 Å². The molecule has 1 atom stereocenters. The van der Waals surface area contributed by atoms with Crippen molar-refractivity contribution < 1.29 is 4.79 Å². The van der Waals surface area contributed by atoms with E-state index in [0.29, 0.717) is 5.13 Å². The molecule has 1 saturated carbocycles. The Kier molecular flexibility index (Phi) is 2.05. The summed E-state index contributed by atoms with van der Waals surface area (Å²) in [4.78, 5) is 16.7. The van der Waals surface area contributed by atoms with Gasteiger partial charge in [-0.15, -0.1) is 0 Å². The van der Waals surface area contributed by atoms with Gasteiger partial charge in [0.05, 0.1) is 21.8 Å². The van der Waals surface area contributed by atoms with Crippen LogP contribution in [-0.4, -0.2) is 16.6 Å². The fraction of sp³-hybridized carbons (Fsp3) is 0.308. The van der Waals surface area contributed by atoms with Gasteiger partial charge in [0.1, 0.15) is 0 Å². The van der Waals surface area contributed by atoms with E-state index in [4.69, 9.17) is 0 Å². The summed E-state index contributed by atoms with van der Waals surface area (Å²) < 4.78 is 1.09. The largest absolute Gasteiger partial charge is 0.272 e. The summed E-state index contributed by atoms with van der Waals surface area (Å²) in [6, 6.07) is 7.92. The van der Waals surface area contributed by atoms with Crippen LogP contribution >= 0.6 is 11.3 Å². The molecule has 2 aromatic rings. The summed E-state index contributed by atoms with van der Waals surface area (Å²) in [6.45, 7) is 0. The van der Waals surface area contributed by atoms with E-state index < -0.39 is 0 Å². The molecule has 18 heavy (non-hydrogen) atoms. The van der Waals surface area contributed by atoms with Crippen LogP contribution in [0.1, 0.15) is 19.3 Å². The third-order valence-corrected chi connectivity index (χ3v) is 4.54. The molecule has 1 aliphatic heterocycles. The normalized spacial score (nSPS) is 22.7. The van der Waals surface area contributed by atoms with Gasteiger partial charge in [-0.3, -0.25) is 4.79 Å². The monoisotopic (exact) mass is 257 g/mol. The van der Waals surface area contributed by atoms with Crippen molar-refractivity contribution in [2.24, 2.45) is 11.0 Å². The van der Waals surface area contributed by atoms with Gasteiger partial charge in [0.15, 0.2) is 0 Å². The molecule has 1 amide bonds. The first-order valence-electron chi connectivity index (χ1n) is 6.10. The Morgan fingerprint density at radius 1 is 1.33 bits per heavy atom. The van der Waals surface area contributed by atoms with Crippen LogP contribution in [0.4, 0.5) is 5.13 Å². The number of thiazole rings is 1. The number of aromatic nitrogens is 1.